The number of nitrogens with zero attached hydrogens (tertiary/aromatic N) is 4. The van der Waals surface area contributed by atoms with E-state index in [4.69, 9.17) is 42.1 Å². The summed E-state index contributed by atoms with van der Waals surface area (Å²) < 4.78 is 24.8. The first-order valence-corrected chi connectivity index (χ1v) is 15.8. The van der Waals surface area contributed by atoms with Crippen molar-refractivity contribution in [3.63, 3.8) is 0 Å². The molecule has 5 rings (SSSR count). The molecule has 0 N–H and O–H groups in total. The smallest absolute Gasteiger partial charge is 0.302 e. The lowest BCUT2D eigenvalue weighted by Crippen LogP contribution is -2.47. The van der Waals surface area contributed by atoms with Gasteiger partial charge in [-0.05, 0) is 35.9 Å². The molecule has 3 heterocycles. The summed E-state index contributed by atoms with van der Waals surface area (Å²) in [5, 5.41) is 12.3. The van der Waals surface area contributed by atoms with Crippen LogP contribution in [0.1, 0.15) is 32.4 Å². The average molecular weight is 650 g/mol. The van der Waals surface area contributed by atoms with Crippen molar-refractivity contribution in [1.29, 1.82) is 0 Å². The van der Waals surface area contributed by atoms with Crippen LogP contribution in [0.2, 0.25) is 10.0 Å². The van der Waals surface area contributed by atoms with Crippen LogP contribution in [0.5, 0.6) is 10.9 Å². The molecule has 0 radical (unpaired) electrons. The van der Waals surface area contributed by atoms with Gasteiger partial charge >= 0.3 is 5.97 Å². The van der Waals surface area contributed by atoms with Crippen molar-refractivity contribution in [2.45, 2.75) is 49.9 Å². The van der Waals surface area contributed by atoms with E-state index in [-0.39, 0.29) is 42.0 Å². The minimum absolute atomic E-state index is 0.0152. The van der Waals surface area contributed by atoms with Crippen molar-refractivity contribution < 1.29 is 23.7 Å². The molecule has 222 valence electrons. The summed E-state index contributed by atoms with van der Waals surface area (Å²) in [6, 6.07) is 13.1. The molecule has 0 amide bonds. The van der Waals surface area contributed by atoms with Gasteiger partial charge in [-0.1, -0.05) is 77.5 Å². The summed E-state index contributed by atoms with van der Waals surface area (Å²) >= 11 is 15.3. The van der Waals surface area contributed by atoms with Gasteiger partial charge in [-0.25, -0.2) is 9.67 Å². The van der Waals surface area contributed by atoms with Crippen molar-refractivity contribution in [2.24, 2.45) is 11.8 Å². The molecule has 9 nitrogen and oxygen atoms in total. The predicted octanol–water partition coefficient (Wildman–Crippen LogP) is 7.19. The van der Waals surface area contributed by atoms with Gasteiger partial charge in [0, 0.05) is 29.0 Å². The summed E-state index contributed by atoms with van der Waals surface area (Å²) in [4.78, 5) is 17.2. The van der Waals surface area contributed by atoms with E-state index in [1.54, 1.807) is 24.9 Å². The Bertz CT molecular complexity index is 1520. The van der Waals surface area contributed by atoms with Crippen molar-refractivity contribution in [2.75, 3.05) is 13.7 Å². The van der Waals surface area contributed by atoms with Crippen molar-refractivity contribution in [3.8, 4) is 22.3 Å². The van der Waals surface area contributed by atoms with E-state index in [9.17, 15) is 4.79 Å². The number of methoxy groups -OCH3 is 1. The predicted molar refractivity (Wildman–Crippen MR) is 163 cm³/mol. The summed E-state index contributed by atoms with van der Waals surface area (Å²) in [6.07, 6.45) is 1.55. The zero-order valence-electron chi connectivity index (χ0n) is 23.4. The maximum absolute atomic E-state index is 11.6. The van der Waals surface area contributed by atoms with E-state index < -0.39 is 0 Å². The lowest BCUT2D eigenvalue weighted by Gasteiger charge is -2.44. The van der Waals surface area contributed by atoms with Gasteiger partial charge < -0.3 is 18.9 Å². The molecule has 2 aromatic carbocycles. The van der Waals surface area contributed by atoms with E-state index in [0.29, 0.717) is 33.2 Å². The van der Waals surface area contributed by atoms with Crippen LogP contribution in [-0.2, 0) is 20.9 Å². The highest BCUT2D eigenvalue weighted by Crippen LogP contribution is 2.45. The first kappa shape index (κ1) is 30.6. The molecule has 13 heteroatoms. The molecule has 0 bridgehead atoms. The number of thiazole rings is 1. The minimum atomic E-state index is -0.355. The Morgan fingerprint density at radius 3 is 2.60 bits per heavy atom. The number of ether oxygens (including phenoxy) is 4. The molecule has 0 aliphatic carbocycles. The van der Waals surface area contributed by atoms with Crippen molar-refractivity contribution >= 4 is 52.3 Å². The molecule has 2 unspecified atom stereocenters. The van der Waals surface area contributed by atoms with E-state index in [2.05, 4.69) is 29.1 Å². The van der Waals surface area contributed by atoms with Gasteiger partial charge in [-0.2, -0.15) is 0 Å². The van der Waals surface area contributed by atoms with Gasteiger partial charge in [-0.15, -0.1) is 5.10 Å². The van der Waals surface area contributed by atoms with Crippen LogP contribution in [-0.4, -0.2) is 51.2 Å². The fourth-order valence-corrected chi connectivity index (χ4v) is 7.02. The third kappa shape index (κ3) is 7.20. The van der Waals surface area contributed by atoms with E-state index in [1.165, 1.54) is 18.3 Å². The summed E-state index contributed by atoms with van der Waals surface area (Å²) in [6.45, 7) is 6.11. The fraction of sp³-hybridized carbons (Fsp3) is 0.379. The van der Waals surface area contributed by atoms with Crippen LogP contribution in [0.25, 0.3) is 11.4 Å². The summed E-state index contributed by atoms with van der Waals surface area (Å²) in [5.74, 6) is 0.426. The molecular formula is C29H30Cl2N4O5S2. The second kappa shape index (κ2) is 13.6. The second-order valence-corrected chi connectivity index (χ2v) is 12.8. The van der Waals surface area contributed by atoms with Crippen molar-refractivity contribution in [1.82, 2.24) is 20.0 Å². The molecule has 2 aromatic heterocycles. The van der Waals surface area contributed by atoms with Gasteiger partial charge in [-0.3, -0.25) is 4.79 Å². The largest absolute Gasteiger partial charge is 0.497 e. The molecule has 4 aromatic rings. The van der Waals surface area contributed by atoms with Gasteiger partial charge in [0.25, 0.3) is 5.19 Å². The van der Waals surface area contributed by atoms with Gasteiger partial charge in [0.1, 0.15) is 35.8 Å². The number of carbonyl (C=O) groups is 1. The van der Waals surface area contributed by atoms with Crippen LogP contribution >= 0.6 is 46.3 Å². The number of carbonyl (C=O) groups excluding carboxylic acids is 1. The maximum Gasteiger partial charge on any atom is 0.302 e. The number of halogens is 2. The highest BCUT2D eigenvalue weighted by Gasteiger charge is 2.44. The second-order valence-electron chi connectivity index (χ2n) is 9.97. The van der Waals surface area contributed by atoms with E-state index >= 15 is 0 Å². The molecule has 42 heavy (non-hydrogen) atoms. The Labute approximate surface area is 262 Å². The number of rotatable bonds is 10. The SMILES string of the molecule is COc1ccc(COc2nc(-c3cn([C@@H]4C(C)[C@@H](Sc5ccc(Cl)c(Cl)c5)OC(COC(C)=O)[C@@H]4C)nn3)cs2)cc1. The van der Waals surface area contributed by atoms with E-state index in [0.717, 1.165) is 16.2 Å². The molecule has 0 saturated carbocycles. The normalized spacial score (nSPS) is 22.1. The zero-order valence-corrected chi connectivity index (χ0v) is 26.5. The average Bonchev–Trinajstić information content (AvgIpc) is 3.65. The first-order valence-electron chi connectivity index (χ1n) is 13.3. The molecule has 5 atom stereocenters. The van der Waals surface area contributed by atoms with Gasteiger partial charge in [0.15, 0.2) is 0 Å². The summed E-state index contributed by atoms with van der Waals surface area (Å²) in [5.41, 5.74) is 2.06. The van der Waals surface area contributed by atoms with Crippen LogP contribution in [0.15, 0.2) is 58.9 Å². The number of esters is 1. The Balaban J connectivity index is 1.32. The molecule has 1 aliphatic heterocycles. The Morgan fingerprint density at radius 1 is 1.10 bits per heavy atom. The first-order chi connectivity index (χ1) is 20.2. The minimum Gasteiger partial charge on any atom is -0.497 e. The zero-order chi connectivity index (χ0) is 29.8. The van der Waals surface area contributed by atoms with E-state index in [1.807, 2.05) is 52.7 Å². The van der Waals surface area contributed by atoms with Gasteiger partial charge in [0.05, 0.1) is 35.5 Å². The highest BCUT2D eigenvalue weighted by molar-refractivity contribution is 7.99. The van der Waals surface area contributed by atoms with Crippen LogP contribution in [0.3, 0.4) is 0 Å². The van der Waals surface area contributed by atoms with Crippen LogP contribution in [0, 0.1) is 11.8 Å². The van der Waals surface area contributed by atoms with Crippen LogP contribution < -0.4 is 9.47 Å². The number of hydrogen-bond acceptors (Lipinski definition) is 10. The lowest BCUT2D eigenvalue weighted by atomic mass is 9.84. The van der Waals surface area contributed by atoms with Gasteiger partial charge in [0.2, 0.25) is 0 Å². The Morgan fingerprint density at radius 2 is 1.88 bits per heavy atom. The number of thioether (sulfide) groups is 1. The third-order valence-corrected chi connectivity index (χ3v) is 9.87. The quantitative estimate of drug-likeness (QED) is 0.165. The summed E-state index contributed by atoms with van der Waals surface area (Å²) in [7, 11) is 1.64. The molecule has 1 saturated heterocycles. The van der Waals surface area contributed by atoms with Crippen molar-refractivity contribution in [3.05, 3.63) is 69.7 Å². The maximum atomic E-state index is 11.6. The fourth-order valence-electron chi connectivity index (χ4n) is 4.82. The Kier molecular flexibility index (Phi) is 9.95. The Hall–Kier alpha value is -2.83. The number of aromatic nitrogens is 4. The van der Waals surface area contributed by atoms with Crippen LogP contribution in [0.4, 0.5) is 0 Å². The molecule has 1 fully saturated rings. The standard InChI is InChI=1S/C29H30Cl2N4O5S2/c1-16-26(14-38-18(3)36)40-28(42-21-9-10-22(30)23(31)11-21)17(2)27(16)35-12-24(33-34-35)25-15-41-29(32-25)39-13-19-5-7-20(37-4)8-6-19/h5-12,15-17,26-28H,13-14H2,1-4H3/t16-,17?,26?,27-,28+/m0/s1. The topological polar surface area (TPSA) is 97.6 Å². The third-order valence-electron chi connectivity index (χ3n) is 7.08. The lowest BCUT2D eigenvalue weighted by molar-refractivity contribution is -0.156. The number of hydrogen-bond donors (Lipinski definition) is 0. The highest BCUT2D eigenvalue weighted by atomic mass is 35.5. The molecule has 0 spiro atoms. The molecule has 1 aliphatic rings. The monoisotopic (exact) mass is 648 g/mol. The molecular weight excluding hydrogens is 619 g/mol. The number of benzene rings is 2.